The largest absolute Gasteiger partial charge is 0.193 e. The Kier molecular flexibility index (Phi) is 6.80. The third-order valence-corrected chi connectivity index (χ3v) is 10.9. The van der Waals surface area contributed by atoms with Gasteiger partial charge in [0.05, 0.1) is 12.1 Å². The number of nitrogens with zero attached hydrogens (tertiary/aromatic N) is 2. The van der Waals surface area contributed by atoms with Crippen LogP contribution in [0.25, 0.3) is 0 Å². The van der Waals surface area contributed by atoms with E-state index in [1.807, 2.05) is 18.2 Å². The van der Waals surface area contributed by atoms with Gasteiger partial charge in [-0.3, -0.25) is 0 Å². The monoisotopic (exact) mass is 568 g/mol. The van der Waals surface area contributed by atoms with Crippen LogP contribution in [0.4, 0.5) is 0 Å². The molecule has 0 amide bonds. The van der Waals surface area contributed by atoms with Gasteiger partial charge in [-0.05, 0) is 113 Å². The van der Waals surface area contributed by atoms with Crippen LogP contribution >= 0.6 is 0 Å². The molecule has 2 heteroatoms. The van der Waals surface area contributed by atoms with Crippen LogP contribution in [-0.2, 0) is 0 Å². The van der Waals surface area contributed by atoms with Crippen molar-refractivity contribution in [2.24, 2.45) is 29.6 Å². The van der Waals surface area contributed by atoms with Crippen molar-refractivity contribution in [3.63, 3.8) is 0 Å². The highest BCUT2D eigenvalue weighted by molar-refractivity contribution is 5.71. The molecule has 0 bridgehead atoms. The number of nitriles is 2. The maximum Gasteiger partial charge on any atom is 0.0953 e. The van der Waals surface area contributed by atoms with Gasteiger partial charge in [0.1, 0.15) is 0 Å². The molecule has 0 heterocycles. The summed E-state index contributed by atoms with van der Waals surface area (Å²) < 4.78 is 0. The van der Waals surface area contributed by atoms with Crippen molar-refractivity contribution >= 4 is 0 Å². The number of allylic oxidation sites excluding steroid dienone is 28. The summed E-state index contributed by atoms with van der Waals surface area (Å²) in [6.45, 7) is 0. The van der Waals surface area contributed by atoms with Gasteiger partial charge in [0.15, 0.2) is 0 Å². The molecule has 0 aromatic heterocycles. The van der Waals surface area contributed by atoms with E-state index < -0.39 is 0 Å². The summed E-state index contributed by atoms with van der Waals surface area (Å²) in [6, 6.07) is 5.12. The van der Waals surface area contributed by atoms with E-state index >= 15 is 0 Å². The fraction of sp³-hybridized carbons (Fsp3) is 0.286. The molecule has 5 unspecified atom stereocenters. The Balaban J connectivity index is 1.37. The minimum absolute atomic E-state index is 0.0717. The first-order valence-electron chi connectivity index (χ1n) is 16.3. The molecule has 0 aliphatic heterocycles. The van der Waals surface area contributed by atoms with E-state index in [1.165, 1.54) is 50.2 Å². The topological polar surface area (TPSA) is 47.6 Å². The predicted molar refractivity (Wildman–Crippen MR) is 177 cm³/mol. The van der Waals surface area contributed by atoms with Crippen LogP contribution in [-0.4, -0.2) is 0 Å². The minimum atomic E-state index is 0.0717. The molecule has 8 aliphatic rings. The Morgan fingerprint density at radius 2 is 1.39 bits per heavy atom. The molecule has 44 heavy (non-hydrogen) atoms. The number of rotatable bonds is 4. The van der Waals surface area contributed by atoms with E-state index in [-0.39, 0.29) is 29.6 Å². The molecule has 8 rings (SSSR count). The Morgan fingerprint density at radius 1 is 0.659 bits per heavy atom. The van der Waals surface area contributed by atoms with Crippen molar-refractivity contribution in [2.45, 2.75) is 44.9 Å². The van der Waals surface area contributed by atoms with Gasteiger partial charge in [0, 0.05) is 34.8 Å². The standard InChI is InChI=1S/C42H36N2/c43-25-29-15-7-9-17-31(29)39-23-37(27-11-3-1-4-12-27)33-19-21-36-40(32-18-10-8-16-30(32)26-44)24-38(28-13-5-2-6-14-28)34-20-22-35(39)41(33)42(34)36/h1-3,5,7-11,13,15-16,19-23,31-33,40-41H,4,6,12,14,17-18,24H2. The minimum Gasteiger partial charge on any atom is -0.193 e. The van der Waals surface area contributed by atoms with E-state index in [4.69, 9.17) is 0 Å². The zero-order valence-electron chi connectivity index (χ0n) is 25.0. The van der Waals surface area contributed by atoms with Crippen LogP contribution in [0.1, 0.15) is 44.9 Å². The molecule has 214 valence electrons. The summed E-state index contributed by atoms with van der Waals surface area (Å²) in [7, 11) is 0. The Morgan fingerprint density at radius 3 is 2.14 bits per heavy atom. The summed E-state index contributed by atoms with van der Waals surface area (Å²) in [6.07, 6.45) is 45.4. The Labute approximate surface area is 261 Å². The van der Waals surface area contributed by atoms with Crippen LogP contribution in [0, 0.1) is 52.3 Å². The van der Waals surface area contributed by atoms with Gasteiger partial charge in [-0.1, -0.05) is 91.1 Å². The van der Waals surface area contributed by atoms with Gasteiger partial charge >= 0.3 is 0 Å². The van der Waals surface area contributed by atoms with Crippen LogP contribution in [0.5, 0.6) is 0 Å². The maximum atomic E-state index is 10.2. The lowest BCUT2D eigenvalue weighted by atomic mass is 9.56. The second-order valence-electron chi connectivity index (χ2n) is 13.1. The molecule has 0 aromatic carbocycles. The van der Waals surface area contributed by atoms with Gasteiger partial charge in [0.25, 0.3) is 0 Å². The first kappa shape index (κ1) is 26.9. The molecule has 0 spiro atoms. The first-order valence-corrected chi connectivity index (χ1v) is 16.3. The molecular weight excluding hydrogens is 532 g/mol. The molecule has 0 aromatic rings. The SMILES string of the molecule is N#CC1=CC=CCC1C1=C2C=CC3=C(C4=CC=CCC4)CC(C4CC=CC=C4C#N)C4=C3C2C(C=C4)C(C2=CC=CCC2)=C1. The highest BCUT2D eigenvalue weighted by atomic mass is 14.5. The Hall–Kier alpha value is -4.66. The summed E-state index contributed by atoms with van der Waals surface area (Å²) in [5.74, 6) is 0.995. The molecule has 0 fully saturated rings. The molecule has 0 saturated carbocycles. The summed E-state index contributed by atoms with van der Waals surface area (Å²) >= 11 is 0. The lowest BCUT2D eigenvalue weighted by molar-refractivity contribution is 0.418. The molecule has 0 saturated heterocycles. The summed E-state index contributed by atoms with van der Waals surface area (Å²) in [4.78, 5) is 0. The van der Waals surface area contributed by atoms with Crippen molar-refractivity contribution in [3.05, 3.63) is 165 Å². The zero-order valence-corrected chi connectivity index (χ0v) is 25.0. The van der Waals surface area contributed by atoms with Crippen LogP contribution in [0.3, 0.4) is 0 Å². The van der Waals surface area contributed by atoms with Crippen molar-refractivity contribution < 1.29 is 0 Å². The summed E-state index contributed by atoms with van der Waals surface area (Å²) in [5.41, 5.74) is 14.6. The molecular formula is C42H36N2. The van der Waals surface area contributed by atoms with E-state index in [0.717, 1.165) is 56.1 Å². The van der Waals surface area contributed by atoms with Crippen LogP contribution in [0.15, 0.2) is 165 Å². The van der Waals surface area contributed by atoms with Crippen molar-refractivity contribution in [1.29, 1.82) is 10.5 Å². The summed E-state index contributed by atoms with van der Waals surface area (Å²) in [5, 5.41) is 20.4. The van der Waals surface area contributed by atoms with Crippen LogP contribution < -0.4 is 0 Å². The zero-order chi connectivity index (χ0) is 29.6. The third kappa shape index (κ3) is 4.28. The second-order valence-corrected chi connectivity index (χ2v) is 13.1. The van der Waals surface area contributed by atoms with Gasteiger partial charge in [-0.2, -0.15) is 10.5 Å². The van der Waals surface area contributed by atoms with E-state index in [0.29, 0.717) is 0 Å². The molecule has 8 aliphatic carbocycles. The smallest absolute Gasteiger partial charge is 0.0953 e. The fourth-order valence-corrected chi connectivity index (χ4v) is 8.89. The second kappa shape index (κ2) is 11.1. The number of hydrogen-bond donors (Lipinski definition) is 0. The van der Waals surface area contributed by atoms with Crippen LogP contribution in [0.2, 0.25) is 0 Å². The molecule has 0 N–H and O–H groups in total. The molecule has 5 atom stereocenters. The van der Waals surface area contributed by atoms with Crippen molar-refractivity contribution in [2.75, 3.05) is 0 Å². The maximum absolute atomic E-state index is 10.2. The van der Waals surface area contributed by atoms with Crippen molar-refractivity contribution in [3.8, 4) is 12.1 Å². The van der Waals surface area contributed by atoms with Gasteiger partial charge in [-0.25, -0.2) is 0 Å². The van der Waals surface area contributed by atoms with Gasteiger partial charge < -0.3 is 0 Å². The highest BCUT2D eigenvalue weighted by Crippen LogP contribution is 2.58. The quantitative estimate of drug-likeness (QED) is 0.339. The van der Waals surface area contributed by atoms with Gasteiger partial charge in [0.2, 0.25) is 0 Å². The van der Waals surface area contributed by atoms with Gasteiger partial charge in [-0.15, -0.1) is 0 Å². The van der Waals surface area contributed by atoms with E-state index in [9.17, 15) is 10.5 Å². The normalized spacial score (nSPS) is 31.5. The van der Waals surface area contributed by atoms with E-state index in [1.54, 1.807) is 0 Å². The average molecular weight is 569 g/mol. The molecule has 0 radical (unpaired) electrons. The first-order chi connectivity index (χ1) is 21.8. The predicted octanol–water partition coefficient (Wildman–Crippen LogP) is 9.81. The van der Waals surface area contributed by atoms with E-state index in [2.05, 4.69) is 97.2 Å². The van der Waals surface area contributed by atoms with Crippen molar-refractivity contribution in [1.82, 2.24) is 0 Å². The lowest BCUT2D eigenvalue weighted by Gasteiger charge is -2.47. The fourth-order valence-electron chi connectivity index (χ4n) is 8.89. The Bertz CT molecular complexity index is 1860. The number of hydrogen-bond acceptors (Lipinski definition) is 2. The lowest BCUT2D eigenvalue weighted by Crippen LogP contribution is -2.36. The highest BCUT2D eigenvalue weighted by Gasteiger charge is 2.46. The third-order valence-electron chi connectivity index (χ3n) is 10.9. The molecule has 2 nitrogen and oxygen atoms in total. The average Bonchev–Trinajstić information content (AvgIpc) is 3.10.